The molecule has 0 spiro atoms. The zero-order valence-electron chi connectivity index (χ0n) is 9.57. The Labute approximate surface area is 101 Å². The van der Waals surface area contributed by atoms with Crippen LogP contribution in [0.25, 0.3) is 0 Å². The lowest BCUT2D eigenvalue weighted by molar-refractivity contribution is -0.116. The van der Waals surface area contributed by atoms with Gasteiger partial charge < -0.3 is 10.6 Å². The van der Waals surface area contributed by atoms with Crippen molar-refractivity contribution in [1.82, 2.24) is 5.32 Å². The average molecular weight is 229 g/mol. The van der Waals surface area contributed by atoms with Crippen molar-refractivity contribution in [3.8, 4) is 6.07 Å². The van der Waals surface area contributed by atoms with Gasteiger partial charge in [-0.15, -0.1) is 6.58 Å². The van der Waals surface area contributed by atoms with Crippen LogP contribution in [0, 0.1) is 11.3 Å². The molecule has 4 nitrogen and oxygen atoms in total. The van der Waals surface area contributed by atoms with Gasteiger partial charge in [0.1, 0.15) is 0 Å². The van der Waals surface area contributed by atoms with E-state index in [1.54, 1.807) is 30.3 Å². The fraction of sp³-hybridized carbons (Fsp3) is 0.231. The Bertz CT molecular complexity index is 417. The molecule has 0 unspecified atom stereocenters. The number of hydrogen-bond acceptors (Lipinski definition) is 3. The van der Waals surface area contributed by atoms with Gasteiger partial charge in [0.05, 0.1) is 11.6 Å². The molecule has 88 valence electrons. The molecule has 0 atom stereocenters. The third-order valence-corrected chi connectivity index (χ3v) is 2.12. The largest absolute Gasteiger partial charge is 0.326 e. The monoisotopic (exact) mass is 229 g/mol. The van der Waals surface area contributed by atoms with Crippen molar-refractivity contribution in [3.63, 3.8) is 0 Å². The van der Waals surface area contributed by atoms with E-state index in [2.05, 4.69) is 17.2 Å². The van der Waals surface area contributed by atoms with E-state index in [0.29, 0.717) is 30.8 Å². The summed E-state index contributed by atoms with van der Waals surface area (Å²) in [5.74, 6) is -0.0498. The van der Waals surface area contributed by atoms with E-state index in [1.165, 1.54) is 0 Å². The topological polar surface area (TPSA) is 64.9 Å². The minimum atomic E-state index is -0.0498. The third-order valence-electron chi connectivity index (χ3n) is 2.12. The Morgan fingerprint density at radius 2 is 2.12 bits per heavy atom. The molecule has 0 saturated carbocycles. The summed E-state index contributed by atoms with van der Waals surface area (Å²) in [4.78, 5) is 11.5. The molecule has 4 heteroatoms. The van der Waals surface area contributed by atoms with Crippen molar-refractivity contribution in [3.05, 3.63) is 42.5 Å². The molecule has 0 heterocycles. The highest BCUT2D eigenvalue weighted by Crippen LogP contribution is 2.08. The van der Waals surface area contributed by atoms with E-state index in [-0.39, 0.29) is 5.91 Å². The van der Waals surface area contributed by atoms with Gasteiger partial charge in [0.15, 0.2) is 0 Å². The average Bonchev–Trinajstić information content (AvgIpc) is 2.36. The van der Waals surface area contributed by atoms with Gasteiger partial charge in [0.2, 0.25) is 5.91 Å². The van der Waals surface area contributed by atoms with Crippen molar-refractivity contribution in [2.24, 2.45) is 0 Å². The predicted octanol–water partition coefficient (Wildman–Crippen LogP) is 1.66. The van der Waals surface area contributed by atoms with Gasteiger partial charge >= 0.3 is 0 Å². The number of amides is 1. The Kier molecular flexibility index (Phi) is 5.49. The van der Waals surface area contributed by atoms with Gasteiger partial charge in [-0.05, 0) is 24.3 Å². The number of carbonyl (C=O) groups is 1. The lowest BCUT2D eigenvalue weighted by Crippen LogP contribution is -2.21. The maximum absolute atomic E-state index is 11.5. The van der Waals surface area contributed by atoms with Gasteiger partial charge in [-0.3, -0.25) is 4.79 Å². The van der Waals surface area contributed by atoms with Gasteiger partial charge in [0.25, 0.3) is 0 Å². The zero-order valence-corrected chi connectivity index (χ0v) is 9.57. The summed E-state index contributed by atoms with van der Waals surface area (Å²) in [7, 11) is 0. The highest BCUT2D eigenvalue weighted by Gasteiger charge is 2.01. The summed E-state index contributed by atoms with van der Waals surface area (Å²) in [5.41, 5.74) is 1.29. The minimum Gasteiger partial charge on any atom is -0.326 e. The van der Waals surface area contributed by atoms with Crippen molar-refractivity contribution in [2.45, 2.75) is 6.42 Å². The molecule has 0 bridgehead atoms. The summed E-state index contributed by atoms with van der Waals surface area (Å²) in [6.45, 7) is 4.89. The normalized spacial score (nSPS) is 9.35. The molecule has 17 heavy (non-hydrogen) atoms. The van der Waals surface area contributed by atoms with E-state index in [9.17, 15) is 4.79 Å². The maximum atomic E-state index is 11.5. The van der Waals surface area contributed by atoms with Crippen molar-refractivity contribution >= 4 is 11.6 Å². The molecule has 0 aromatic heterocycles. The van der Waals surface area contributed by atoms with Crippen LogP contribution in [0.5, 0.6) is 0 Å². The fourth-order valence-corrected chi connectivity index (χ4v) is 1.26. The Morgan fingerprint density at radius 3 is 2.71 bits per heavy atom. The highest BCUT2D eigenvalue weighted by atomic mass is 16.1. The number of carbonyl (C=O) groups excluding carboxylic acids is 1. The summed E-state index contributed by atoms with van der Waals surface area (Å²) in [5, 5.41) is 14.4. The van der Waals surface area contributed by atoms with Crippen molar-refractivity contribution < 1.29 is 4.79 Å². The Balaban J connectivity index is 2.35. The summed E-state index contributed by atoms with van der Waals surface area (Å²) < 4.78 is 0. The van der Waals surface area contributed by atoms with Crippen LogP contribution in [0.3, 0.4) is 0 Å². The zero-order chi connectivity index (χ0) is 12.5. The number of hydrogen-bond donors (Lipinski definition) is 2. The van der Waals surface area contributed by atoms with Gasteiger partial charge in [-0.2, -0.15) is 5.26 Å². The number of nitrogens with one attached hydrogen (secondary N) is 2. The number of nitriles is 1. The predicted molar refractivity (Wildman–Crippen MR) is 67.5 cm³/mol. The number of rotatable bonds is 6. The number of nitrogens with zero attached hydrogens (tertiary/aromatic N) is 1. The Morgan fingerprint density at radius 1 is 1.41 bits per heavy atom. The molecule has 0 aliphatic carbocycles. The molecule has 0 aliphatic rings. The molecule has 1 rings (SSSR count). The lowest BCUT2D eigenvalue weighted by Gasteiger charge is -2.05. The molecule has 0 radical (unpaired) electrons. The minimum absolute atomic E-state index is 0.0498. The first-order valence-corrected chi connectivity index (χ1v) is 5.38. The van der Waals surface area contributed by atoms with Gasteiger partial charge in [-0.25, -0.2) is 0 Å². The maximum Gasteiger partial charge on any atom is 0.225 e. The van der Waals surface area contributed by atoms with Crippen LogP contribution in [0.4, 0.5) is 5.69 Å². The molecule has 0 saturated heterocycles. The number of anilines is 1. The molecule has 0 aliphatic heterocycles. The van der Waals surface area contributed by atoms with Crippen LogP contribution < -0.4 is 10.6 Å². The van der Waals surface area contributed by atoms with Crippen LogP contribution in [0.1, 0.15) is 12.0 Å². The highest BCUT2D eigenvalue weighted by molar-refractivity contribution is 5.90. The van der Waals surface area contributed by atoms with Crippen LogP contribution in [0.15, 0.2) is 36.9 Å². The molecule has 0 fully saturated rings. The molecule has 1 amide bonds. The first-order chi connectivity index (χ1) is 8.26. The molecular formula is C13H15N3O. The smallest absolute Gasteiger partial charge is 0.225 e. The first-order valence-electron chi connectivity index (χ1n) is 5.38. The van der Waals surface area contributed by atoms with E-state index >= 15 is 0 Å². The van der Waals surface area contributed by atoms with Crippen LogP contribution >= 0.6 is 0 Å². The van der Waals surface area contributed by atoms with E-state index in [1.807, 2.05) is 6.07 Å². The fourth-order valence-electron chi connectivity index (χ4n) is 1.26. The van der Waals surface area contributed by atoms with Crippen LogP contribution in [-0.2, 0) is 4.79 Å². The SMILES string of the molecule is C=CCNCCC(=O)Nc1ccc(C#N)cc1. The third kappa shape index (κ3) is 4.96. The second-order valence-corrected chi connectivity index (χ2v) is 3.48. The van der Waals surface area contributed by atoms with Crippen molar-refractivity contribution in [1.29, 1.82) is 5.26 Å². The summed E-state index contributed by atoms with van der Waals surface area (Å²) in [6, 6.07) is 8.80. The van der Waals surface area contributed by atoms with E-state index < -0.39 is 0 Å². The first kappa shape index (κ1) is 12.9. The molecular weight excluding hydrogens is 214 g/mol. The van der Waals surface area contributed by atoms with Crippen molar-refractivity contribution in [2.75, 3.05) is 18.4 Å². The van der Waals surface area contributed by atoms with Gasteiger partial charge in [-0.1, -0.05) is 6.08 Å². The molecule has 1 aromatic carbocycles. The quantitative estimate of drug-likeness (QED) is 0.576. The summed E-state index contributed by atoms with van der Waals surface area (Å²) >= 11 is 0. The second kappa shape index (κ2) is 7.20. The lowest BCUT2D eigenvalue weighted by atomic mass is 10.2. The van der Waals surface area contributed by atoms with Gasteiger partial charge in [0, 0.05) is 25.2 Å². The second-order valence-electron chi connectivity index (χ2n) is 3.48. The number of benzene rings is 1. The van der Waals surface area contributed by atoms with E-state index in [4.69, 9.17) is 5.26 Å². The molecule has 1 aromatic rings. The Hall–Kier alpha value is -2.12. The van der Waals surface area contributed by atoms with Crippen LogP contribution in [-0.4, -0.2) is 19.0 Å². The van der Waals surface area contributed by atoms with E-state index in [0.717, 1.165) is 0 Å². The standard InChI is InChI=1S/C13H15N3O/c1-2-8-15-9-7-13(17)16-12-5-3-11(10-14)4-6-12/h2-6,15H,1,7-9H2,(H,16,17). The van der Waals surface area contributed by atoms with Crippen LogP contribution in [0.2, 0.25) is 0 Å². The summed E-state index contributed by atoms with van der Waals surface area (Å²) in [6.07, 6.45) is 2.16. The molecule has 2 N–H and O–H groups in total.